The number of ether oxygens (including phenoxy) is 1. The number of anilines is 1. The molecule has 164 valence electrons. The van der Waals surface area contributed by atoms with Crippen LogP contribution in [0.25, 0.3) is 0 Å². The molecule has 1 aromatic heterocycles. The second-order valence-electron chi connectivity index (χ2n) is 7.94. The summed E-state index contributed by atoms with van der Waals surface area (Å²) in [6, 6.07) is 7.77. The zero-order chi connectivity index (χ0) is 22.1. The summed E-state index contributed by atoms with van der Waals surface area (Å²) in [5, 5.41) is 10.5. The van der Waals surface area contributed by atoms with Crippen molar-refractivity contribution in [1.29, 1.82) is 0 Å². The molecular weight excluding hydrogens is 398 g/mol. The van der Waals surface area contributed by atoms with Crippen LogP contribution in [0.5, 0.6) is 0 Å². The number of carbonyl (C=O) groups excluding carboxylic acids is 1. The maximum Gasteiger partial charge on any atom is 0.412 e. The molecule has 30 heavy (non-hydrogen) atoms. The molecule has 8 heteroatoms. The summed E-state index contributed by atoms with van der Waals surface area (Å²) in [7, 11) is 0. The Hall–Kier alpha value is -2.61. The molecule has 0 radical (unpaired) electrons. The van der Waals surface area contributed by atoms with Gasteiger partial charge < -0.3 is 15.4 Å². The fourth-order valence-corrected chi connectivity index (χ4v) is 3.58. The predicted octanol–water partition coefficient (Wildman–Crippen LogP) is 4.40. The average molecular weight is 432 g/mol. The van der Waals surface area contributed by atoms with Gasteiger partial charge in [0.15, 0.2) is 5.96 Å². The van der Waals surface area contributed by atoms with E-state index in [1.807, 2.05) is 58.9 Å². The molecule has 1 amide bonds. The molecule has 0 aliphatic carbocycles. The lowest BCUT2D eigenvalue weighted by Crippen LogP contribution is -2.38. The van der Waals surface area contributed by atoms with Crippen molar-refractivity contribution < 1.29 is 9.53 Å². The summed E-state index contributed by atoms with van der Waals surface area (Å²) in [4.78, 5) is 22.2. The first-order valence-corrected chi connectivity index (χ1v) is 11.0. The van der Waals surface area contributed by atoms with Gasteiger partial charge in [-0.1, -0.05) is 12.1 Å². The molecule has 0 bridgehead atoms. The van der Waals surface area contributed by atoms with Crippen LogP contribution in [0.2, 0.25) is 0 Å². The lowest BCUT2D eigenvalue weighted by molar-refractivity contribution is 0.0636. The van der Waals surface area contributed by atoms with Crippen LogP contribution in [0.3, 0.4) is 0 Å². The lowest BCUT2D eigenvalue weighted by atomic mass is 10.1. The summed E-state index contributed by atoms with van der Waals surface area (Å²) < 4.78 is 5.27. The van der Waals surface area contributed by atoms with E-state index in [1.54, 1.807) is 11.3 Å². The predicted molar refractivity (Wildman–Crippen MR) is 124 cm³/mol. The molecule has 0 fully saturated rings. The highest BCUT2D eigenvalue weighted by atomic mass is 32.1. The van der Waals surface area contributed by atoms with Crippen molar-refractivity contribution in [2.24, 2.45) is 4.99 Å². The molecule has 0 aliphatic rings. The van der Waals surface area contributed by atoms with Crippen molar-refractivity contribution in [2.75, 3.05) is 18.4 Å². The maximum absolute atomic E-state index is 11.8. The van der Waals surface area contributed by atoms with E-state index < -0.39 is 11.7 Å². The van der Waals surface area contributed by atoms with Gasteiger partial charge in [-0.15, -0.1) is 11.3 Å². The smallest absolute Gasteiger partial charge is 0.412 e. The molecule has 3 N–H and O–H groups in total. The van der Waals surface area contributed by atoms with Gasteiger partial charge in [0.05, 0.1) is 17.2 Å². The molecular formula is C22H33N5O2S. The Morgan fingerprint density at radius 3 is 2.43 bits per heavy atom. The number of rotatable bonds is 7. The summed E-state index contributed by atoms with van der Waals surface area (Å²) in [5.41, 5.74) is 2.42. The quantitative estimate of drug-likeness (QED) is 0.447. The molecule has 2 aromatic rings. The minimum absolute atomic E-state index is 0.449. The number of benzene rings is 1. The Bertz CT molecular complexity index is 853. The highest BCUT2D eigenvalue weighted by Crippen LogP contribution is 2.18. The van der Waals surface area contributed by atoms with Crippen LogP contribution in [0, 0.1) is 13.8 Å². The Labute approximate surface area is 183 Å². The van der Waals surface area contributed by atoms with Gasteiger partial charge in [0.2, 0.25) is 0 Å². The highest BCUT2D eigenvalue weighted by molar-refractivity contribution is 7.11. The standard InChI is InChI=1S/C22H33N5O2S/c1-7-23-20(25-14-19-15(2)26-16(3)30-19)24-13-12-17-8-10-18(11-9-17)27-21(28)29-22(4,5)6/h8-11H,7,12-14H2,1-6H3,(H,27,28)(H2,23,24,25). The minimum atomic E-state index is -0.515. The zero-order valence-corrected chi connectivity index (χ0v) is 19.6. The van der Waals surface area contributed by atoms with Gasteiger partial charge in [-0.2, -0.15) is 0 Å². The van der Waals surface area contributed by atoms with Crippen molar-refractivity contribution in [3.05, 3.63) is 45.4 Å². The highest BCUT2D eigenvalue weighted by Gasteiger charge is 2.16. The summed E-state index contributed by atoms with van der Waals surface area (Å²) in [5.74, 6) is 0.797. The van der Waals surface area contributed by atoms with Crippen molar-refractivity contribution in [1.82, 2.24) is 15.6 Å². The normalized spacial score (nSPS) is 11.9. The molecule has 0 spiro atoms. The summed E-state index contributed by atoms with van der Waals surface area (Å²) >= 11 is 1.69. The SMILES string of the molecule is CCNC(=NCc1sc(C)nc1C)NCCc1ccc(NC(=O)OC(C)(C)C)cc1. The van der Waals surface area contributed by atoms with E-state index in [-0.39, 0.29) is 0 Å². The van der Waals surface area contributed by atoms with Crippen LogP contribution in [-0.2, 0) is 17.7 Å². The first-order valence-electron chi connectivity index (χ1n) is 10.2. The summed E-state index contributed by atoms with van der Waals surface area (Å²) in [6.07, 6.45) is 0.394. The van der Waals surface area contributed by atoms with Gasteiger partial charge in [0.25, 0.3) is 0 Å². The molecule has 1 aromatic carbocycles. The monoisotopic (exact) mass is 431 g/mol. The second kappa shape index (κ2) is 11.0. The Kier molecular flexibility index (Phi) is 8.65. The van der Waals surface area contributed by atoms with Gasteiger partial charge in [0.1, 0.15) is 5.60 Å². The van der Waals surface area contributed by atoms with E-state index >= 15 is 0 Å². The molecule has 0 atom stereocenters. The van der Waals surface area contributed by atoms with Gasteiger partial charge in [-0.3, -0.25) is 5.32 Å². The first-order chi connectivity index (χ1) is 14.2. The van der Waals surface area contributed by atoms with Gasteiger partial charge in [0, 0.05) is 23.7 Å². The Morgan fingerprint density at radius 1 is 1.17 bits per heavy atom. The van der Waals surface area contributed by atoms with Crippen LogP contribution < -0.4 is 16.0 Å². The number of nitrogens with one attached hydrogen (secondary N) is 3. The molecule has 2 rings (SSSR count). The average Bonchev–Trinajstić information content (AvgIpc) is 2.96. The van der Waals surface area contributed by atoms with Gasteiger partial charge >= 0.3 is 6.09 Å². The fourth-order valence-electron chi connectivity index (χ4n) is 2.71. The Balaban J connectivity index is 1.84. The molecule has 7 nitrogen and oxygen atoms in total. The number of thiazole rings is 1. The van der Waals surface area contributed by atoms with Crippen LogP contribution in [-0.4, -0.2) is 35.7 Å². The zero-order valence-electron chi connectivity index (χ0n) is 18.8. The number of nitrogens with zero attached hydrogens (tertiary/aromatic N) is 2. The molecule has 0 unspecified atom stereocenters. The van der Waals surface area contributed by atoms with E-state index in [4.69, 9.17) is 4.74 Å². The van der Waals surface area contributed by atoms with Crippen LogP contribution in [0.4, 0.5) is 10.5 Å². The van der Waals surface area contributed by atoms with Crippen molar-refractivity contribution in [3.63, 3.8) is 0 Å². The van der Waals surface area contributed by atoms with E-state index in [0.29, 0.717) is 12.2 Å². The molecule has 0 aliphatic heterocycles. The van der Waals surface area contributed by atoms with E-state index in [2.05, 4.69) is 32.9 Å². The maximum atomic E-state index is 11.8. The number of amides is 1. The number of hydrogen-bond acceptors (Lipinski definition) is 5. The second-order valence-corrected chi connectivity index (χ2v) is 9.22. The van der Waals surface area contributed by atoms with Crippen molar-refractivity contribution >= 4 is 29.1 Å². The molecule has 1 heterocycles. The number of aliphatic imine (C=N–C) groups is 1. The van der Waals surface area contributed by atoms with Crippen molar-refractivity contribution in [3.8, 4) is 0 Å². The number of carbonyl (C=O) groups is 1. The van der Waals surface area contributed by atoms with Crippen LogP contribution >= 0.6 is 11.3 Å². The molecule has 0 saturated heterocycles. The first kappa shape index (κ1) is 23.7. The third-order valence-electron chi connectivity index (χ3n) is 4.03. The van der Waals surface area contributed by atoms with Crippen LogP contribution in [0.1, 0.15) is 48.8 Å². The number of guanidine groups is 1. The van der Waals surface area contributed by atoms with E-state index in [9.17, 15) is 4.79 Å². The topological polar surface area (TPSA) is 87.6 Å². The minimum Gasteiger partial charge on any atom is -0.444 e. The number of aromatic nitrogens is 1. The largest absolute Gasteiger partial charge is 0.444 e. The Morgan fingerprint density at radius 2 is 1.87 bits per heavy atom. The van der Waals surface area contributed by atoms with Crippen molar-refractivity contribution in [2.45, 2.75) is 60.1 Å². The third kappa shape index (κ3) is 8.41. The van der Waals surface area contributed by atoms with Crippen LogP contribution in [0.15, 0.2) is 29.3 Å². The van der Waals surface area contributed by atoms with Gasteiger partial charge in [-0.25, -0.2) is 14.8 Å². The van der Waals surface area contributed by atoms with Gasteiger partial charge in [-0.05, 0) is 65.7 Å². The van der Waals surface area contributed by atoms with E-state index in [0.717, 1.165) is 36.2 Å². The number of aryl methyl sites for hydroxylation is 2. The fraction of sp³-hybridized carbons (Fsp3) is 0.500. The molecule has 0 saturated carbocycles. The van der Waals surface area contributed by atoms with E-state index in [1.165, 1.54) is 10.4 Å². The number of hydrogen-bond donors (Lipinski definition) is 3. The lowest BCUT2D eigenvalue weighted by Gasteiger charge is -2.19. The third-order valence-corrected chi connectivity index (χ3v) is 5.09. The summed E-state index contributed by atoms with van der Waals surface area (Å²) in [6.45, 7) is 13.8.